The maximum absolute atomic E-state index is 13.1. The van der Waals surface area contributed by atoms with Gasteiger partial charge in [-0.1, -0.05) is 29.8 Å². The Morgan fingerprint density at radius 2 is 1.70 bits per heavy atom. The molecule has 1 fully saturated rings. The minimum Gasteiger partial charge on any atom is -0.484 e. The predicted molar refractivity (Wildman–Crippen MR) is 104 cm³/mol. The van der Waals surface area contributed by atoms with Gasteiger partial charge in [0.1, 0.15) is 11.6 Å². The van der Waals surface area contributed by atoms with Crippen molar-refractivity contribution in [1.82, 2.24) is 9.80 Å². The number of aryl methyl sites for hydroxylation is 1. The quantitative estimate of drug-likeness (QED) is 0.806. The standard InChI is InChI=1S/C22H27FN2O2/c1-16-4-10-21(11-5-16)27-15-22(26)25-13-17(2)24(12-18(25)3)14-19-6-8-20(23)9-7-19/h4-11,17-18H,12-15H2,1-3H3/t17-,18+/m1/s1. The van der Waals surface area contributed by atoms with Crippen molar-refractivity contribution >= 4 is 5.91 Å². The van der Waals surface area contributed by atoms with Gasteiger partial charge in [-0.05, 0) is 50.6 Å². The topological polar surface area (TPSA) is 32.8 Å². The van der Waals surface area contributed by atoms with Crippen molar-refractivity contribution in [3.8, 4) is 5.75 Å². The lowest BCUT2D eigenvalue weighted by Gasteiger charge is -2.44. The maximum Gasteiger partial charge on any atom is 0.260 e. The van der Waals surface area contributed by atoms with Crippen molar-refractivity contribution in [2.75, 3.05) is 19.7 Å². The third-order valence-corrected chi connectivity index (χ3v) is 5.12. The predicted octanol–water partition coefficient (Wildman–Crippen LogP) is 3.63. The number of carbonyl (C=O) groups is 1. The second-order valence-electron chi connectivity index (χ2n) is 7.40. The highest BCUT2D eigenvalue weighted by Crippen LogP contribution is 2.19. The molecule has 0 spiro atoms. The fourth-order valence-electron chi connectivity index (χ4n) is 3.45. The van der Waals surface area contributed by atoms with Crippen LogP contribution < -0.4 is 4.74 Å². The van der Waals surface area contributed by atoms with E-state index in [-0.39, 0.29) is 30.4 Å². The molecule has 1 aliphatic rings. The third kappa shape index (κ3) is 5.07. The lowest BCUT2D eigenvalue weighted by atomic mass is 10.1. The summed E-state index contributed by atoms with van der Waals surface area (Å²) in [4.78, 5) is 16.9. The number of benzene rings is 2. The molecule has 1 amide bonds. The molecule has 0 aromatic heterocycles. The summed E-state index contributed by atoms with van der Waals surface area (Å²) in [6.45, 7) is 8.46. The Morgan fingerprint density at radius 3 is 2.37 bits per heavy atom. The van der Waals surface area contributed by atoms with E-state index < -0.39 is 0 Å². The molecule has 4 nitrogen and oxygen atoms in total. The molecule has 1 heterocycles. The van der Waals surface area contributed by atoms with E-state index in [1.807, 2.05) is 48.2 Å². The Hall–Kier alpha value is -2.40. The lowest BCUT2D eigenvalue weighted by molar-refractivity contribution is -0.139. The number of ether oxygens (including phenoxy) is 1. The molecular weight excluding hydrogens is 343 g/mol. The van der Waals surface area contributed by atoms with Crippen LogP contribution in [0.25, 0.3) is 0 Å². The van der Waals surface area contributed by atoms with Crippen molar-refractivity contribution in [2.24, 2.45) is 0 Å². The van der Waals surface area contributed by atoms with Crippen LogP contribution in [0.4, 0.5) is 4.39 Å². The SMILES string of the molecule is Cc1ccc(OCC(=O)N2C[C@@H](C)N(Cc3ccc(F)cc3)C[C@@H]2C)cc1. The maximum atomic E-state index is 13.1. The summed E-state index contributed by atoms with van der Waals surface area (Å²) in [5.74, 6) is 0.505. The molecule has 2 atom stereocenters. The van der Waals surface area contributed by atoms with Gasteiger partial charge in [0.15, 0.2) is 6.61 Å². The van der Waals surface area contributed by atoms with Gasteiger partial charge in [-0.3, -0.25) is 9.69 Å². The summed E-state index contributed by atoms with van der Waals surface area (Å²) in [6, 6.07) is 14.7. The summed E-state index contributed by atoms with van der Waals surface area (Å²) >= 11 is 0. The van der Waals surface area contributed by atoms with E-state index in [9.17, 15) is 9.18 Å². The van der Waals surface area contributed by atoms with Gasteiger partial charge in [-0.15, -0.1) is 0 Å². The molecule has 144 valence electrons. The fraction of sp³-hybridized carbons (Fsp3) is 0.409. The monoisotopic (exact) mass is 370 g/mol. The highest BCUT2D eigenvalue weighted by Gasteiger charge is 2.32. The molecule has 0 unspecified atom stereocenters. The van der Waals surface area contributed by atoms with Crippen molar-refractivity contribution in [3.05, 3.63) is 65.5 Å². The number of hydrogen-bond donors (Lipinski definition) is 0. The summed E-state index contributed by atoms with van der Waals surface area (Å²) in [7, 11) is 0. The number of piperazine rings is 1. The van der Waals surface area contributed by atoms with Gasteiger partial charge >= 0.3 is 0 Å². The van der Waals surface area contributed by atoms with E-state index in [1.165, 1.54) is 12.1 Å². The van der Waals surface area contributed by atoms with Gasteiger partial charge in [0.25, 0.3) is 5.91 Å². The number of carbonyl (C=O) groups excluding carboxylic acids is 1. The molecule has 5 heteroatoms. The smallest absolute Gasteiger partial charge is 0.260 e. The van der Waals surface area contributed by atoms with Gasteiger partial charge in [-0.25, -0.2) is 4.39 Å². The minimum atomic E-state index is -0.218. The molecule has 3 rings (SSSR count). The van der Waals surface area contributed by atoms with Crippen LogP contribution in [0.15, 0.2) is 48.5 Å². The summed E-state index contributed by atoms with van der Waals surface area (Å²) in [5.41, 5.74) is 2.24. The van der Waals surface area contributed by atoms with Crippen LogP contribution in [0.3, 0.4) is 0 Å². The van der Waals surface area contributed by atoms with Crippen LogP contribution in [0.2, 0.25) is 0 Å². The van der Waals surface area contributed by atoms with E-state index in [0.29, 0.717) is 12.3 Å². The second kappa shape index (κ2) is 8.53. The first-order chi connectivity index (χ1) is 12.9. The Labute approximate surface area is 160 Å². The van der Waals surface area contributed by atoms with Crippen molar-refractivity contribution < 1.29 is 13.9 Å². The van der Waals surface area contributed by atoms with Gasteiger partial charge in [0.2, 0.25) is 0 Å². The average molecular weight is 370 g/mol. The Balaban J connectivity index is 1.54. The zero-order chi connectivity index (χ0) is 19.4. The molecule has 0 aliphatic carbocycles. The van der Waals surface area contributed by atoms with E-state index in [1.54, 1.807) is 0 Å². The molecular formula is C22H27FN2O2. The van der Waals surface area contributed by atoms with E-state index in [2.05, 4.69) is 18.7 Å². The van der Waals surface area contributed by atoms with Gasteiger partial charge < -0.3 is 9.64 Å². The Kier molecular flexibility index (Phi) is 6.11. The summed E-state index contributed by atoms with van der Waals surface area (Å²) < 4.78 is 18.7. The first-order valence-electron chi connectivity index (χ1n) is 9.40. The van der Waals surface area contributed by atoms with E-state index in [4.69, 9.17) is 4.74 Å². The zero-order valence-corrected chi connectivity index (χ0v) is 16.2. The van der Waals surface area contributed by atoms with Crippen molar-refractivity contribution in [1.29, 1.82) is 0 Å². The van der Waals surface area contributed by atoms with Crippen molar-refractivity contribution in [3.63, 3.8) is 0 Å². The van der Waals surface area contributed by atoms with Crippen LogP contribution in [0.5, 0.6) is 5.75 Å². The number of nitrogens with zero attached hydrogens (tertiary/aromatic N) is 2. The normalized spacial score (nSPS) is 20.5. The number of halogens is 1. The molecule has 0 N–H and O–H groups in total. The van der Waals surface area contributed by atoms with Crippen LogP contribution in [-0.4, -0.2) is 47.5 Å². The minimum absolute atomic E-state index is 0.0105. The van der Waals surface area contributed by atoms with Crippen LogP contribution >= 0.6 is 0 Å². The molecule has 0 radical (unpaired) electrons. The van der Waals surface area contributed by atoms with Gasteiger partial charge in [0, 0.05) is 31.7 Å². The molecule has 27 heavy (non-hydrogen) atoms. The molecule has 1 aliphatic heterocycles. The highest BCUT2D eigenvalue weighted by molar-refractivity contribution is 5.78. The Morgan fingerprint density at radius 1 is 1.04 bits per heavy atom. The first kappa shape index (κ1) is 19.4. The van der Waals surface area contributed by atoms with Crippen LogP contribution in [0, 0.1) is 12.7 Å². The summed E-state index contributed by atoms with van der Waals surface area (Å²) in [5, 5.41) is 0. The first-order valence-corrected chi connectivity index (χ1v) is 9.40. The molecule has 2 aromatic rings. The third-order valence-electron chi connectivity index (χ3n) is 5.12. The van der Waals surface area contributed by atoms with E-state index in [0.717, 1.165) is 24.2 Å². The van der Waals surface area contributed by atoms with Gasteiger partial charge in [-0.2, -0.15) is 0 Å². The zero-order valence-electron chi connectivity index (χ0n) is 16.2. The highest BCUT2D eigenvalue weighted by atomic mass is 19.1. The second-order valence-corrected chi connectivity index (χ2v) is 7.40. The molecule has 0 bridgehead atoms. The van der Waals surface area contributed by atoms with Crippen molar-refractivity contribution in [2.45, 2.75) is 39.4 Å². The number of rotatable bonds is 5. The van der Waals surface area contributed by atoms with Crippen LogP contribution in [-0.2, 0) is 11.3 Å². The van der Waals surface area contributed by atoms with Gasteiger partial charge in [0.05, 0.1) is 0 Å². The fourth-order valence-corrected chi connectivity index (χ4v) is 3.45. The Bertz CT molecular complexity index is 761. The average Bonchev–Trinajstić information content (AvgIpc) is 2.65. The largest absolute Gasteiger partial charge is 0.484 e. The molecule has 0 saturated carbocycles. The molecule has 2 aromatic carbocycles. The molecule has 1 saturated heterocycles. The van der Waals surface area contributed by atoms with E-state index >= 15 is 0 Å². The lowest BCUT2D eigenvalue weighted by Crippen LogP contribution is -2.58. The summed E-state index contributed by atoms with van der Waals surface area (Å²) in [6.07, 6.45) is 0. The number of amides is 1. The number of hydrogen-bond acceptors (Lipinski definition) is 3. The van der Waals surface area contributed by atoms with Crippen LogP contribution in [0.1, 0.15) is 25.0 Å².